The number of hydrogen-bond acceptors (Lipinski definition) is 7. The van der Waals surface area contributed by atoms with E-state index >= 15 is 0 Å². The minimum atomic E-state index is 0.462. The summed E-state index contributed by atoms with van der Waals surface area (Å²) in [5.41, 5.74) is 18.8. The molecule has 11 aromatic carbocycles. The van der Waals surface area contributed by atoms with Crippen molar-refractivity contribution in [3.05, 3.63) is 296 Å². The van der Waals surface area contributed by atoms with Crippen molar-refractivity contribution >= 4 is 43.6 Å². The van der Waals surface area contributed by atoms with Crippen molar-refractivity contribution in [2.45, 2.75) is 13.8 Å². The molecule has 0 spiro atoms. The summed E-state index contributed by atoms with van der Waals surface area (Å²) in [6.07, 6.45) is 0. The van der Waals surface area contributed by atoms with Crippen LogP contribution in [-0.4, -0.2) is 44.0 Å². The van der Waals surface area contributed by atoms with E-state index in [1.165, 1.54) is 11.1 Å². The zero-order valence-corrected chi connectivity index (χ0v) is 48.2. The van der Waals surface area contributed by atoms with E-state index in [9.17, 15) is 0 Å². The van der Waals surface area contributed by atoms with Gasteiger partial charge in [-0.1, -0.05) is 223 Å². The first kappa shape index (κ1) is 51.8. The lowest BCUT2D eigenvalue weighted by Crippen LogP contribution is -2.10. The van der Waals surface area contributed by atoms with Crippen LogP contribution in [-0.2, 0) is 0 Å². The maximum Gasteiger partial charge on any atom is 0.168 e. The topological polar surface area (TPSA) is 100 Å². The van der Waals surface area contributed by atoms with Gasteiger partial charge < -0.3 is 9.13 Å². The molecule has 0 fully saturated rings. The Labute approximate surface area is 508 Å². The molecule has 0 aliphatic rings. The molecule has 88 heavy (non-hydrogen) atoms. The predicted octanol–water partition coefficient (Wildman–Crippen LogP) is 19.3. The average molecular weight is 1130 g/mol. The van der Waals surface area contributed by atoms with Crippen molar-refractivity contribution in [3.63, 3.8) is 0 Å². The Balaban J connectivity index is 1.10. The number of pyridine rings is 1. The lowest BCUT2D eigenvalue weighted by atomic mass is 10.0. The molecule has 0 radical (unpaired) electrons. The van der Waals surface area contributed by atoms with Gasteiger partial charge in [0.15, 0.2) is 34.9 Å². The fourth-order valence-corrected chi connectivity index (χ4v) is 12.4. The summed E-state index contributed by atoms with van der Waals surface area (Å²) in [6.45, 7) is 4.32. The number of aryl methyl sites for hydroxylation is 2. The summed E-state index contributed by atoms with van der Waals surface area (Å²) in [6, 6.07) is 99.4. The van der Waals surface area contributed by atoms with Gasteiger partial charge >= 0.3 is 0 Å². The summed E-state index contributed by atoms with van der Waals surface area (Å²) in [7, 11) is 0. The summed E-state index contributed by atoms with van der Waals surface area (Å²) in [5.74, 6) is 3.07. The first-order chi connectivity index (χ1) is 43.4. The maximum atomic E-state index is 5.68. The van der Waals surface area contributed by atoms with Crippen LogP contribution >= 0.6 is 0 Å². The highest BCUT2D eigenvalue weighted by molar-refractivity contribution is 6.14. The average Bonchev–Trinajstić information content (AvgIpc) is 1.54. The molecular formula is C79H53N9. The van der Waals surface area contributed by atoms with E-state index in [1.807, 2.05) is 78.9 Å². The summed E-state index contributed by atoms with van der Waals surface area (Å²) >= 11 is 0. The molecule has 5 heterocycles. The Bertz CT molecular complexity index is 5140. The molecule has 16 rings (SSSR count). The molecule has 0 unspecified atom stereocenters. The van der Waals surface area contributed by atoms with Crippen molar-refractivity contribution < 1.29 is 0 Å². The lowest BCUT2D eigenvalue weighted by molar-refractivity contribution is 1.04. The van der Waals surface area contributed by atoms with Crippen LogP contribution in [0.1, 0.15) is 11.1 Å². The molecule has 0 N–H and O–H groups in total. The first-order valence-electron chi connectivity index (χ1n) is 29.5. The normalized spacial score (nSPS) is 11.5. The molecule has 0 saturated carbocycles. The molecule has 0 aliphatic carbocycles. The molecular weight excluding hydrogens is 1070 g/mol. The summed E-state index contributed by atoms with van der Waals surface area (Å²) in [4.78, 5) is 38.3. The minimum Gasteiger partial charge on any atom is -0.308 e. The SMILES string of the molecule is Cc1ccc2c(c1)c1cc(C)ccc1n2-c1ccc(-c2nc(-c3ccccc3)nc(-c3ccccc3)n2)c(-n2c3ccc(-c4ccccc4)cc3c3cc(-c4cccc(-c5ccccc5)n4)ccc32)c1-c1nc(-c2ccccc2)nc(-c2ccccc2)n1. The Morgan fingerprint density at radius 3 is 1.08 bits per heavy atom. The van der Waals surface area contributed by atoms with Crippen molar-refractivity contribution in [2.24, 2.45) is 0 Å². The fraction of sp³-hybridized carbons (Fsp3) is 0.0253. The van der Waals surface area contributed by atoms with Crippen LogP contribution < -0.4 is 0 Å². The third-order valence-electron chi connectivity index (χ3n) is 16.5. The molecule has 0 amide bonds. The van der Waals surface area contributed by atoms with Gasteiger partial charge in [0.1, 0.15) is 0 Å². The standard InChI is InChI=1S/C79H53N9/c1-50-36-41-67-61(46-50)62-47-51(2)37-42-68(62)87(67)71-45-40-60(78-83-74(54-26-13-5-14-27-54)81-75(84-78)55-28-15-6-16-29-55)73(72(71)79-85-76(56-30-17-7-18-31-56)82-77(86-79)57-32-19-8-20-33-57)88-69-43-38-58(52-22-9-3-10-23-52)48-63(69)64-49-59(39-44-70(64)88)66-35-21-34-65(80-66)53-24-11-4-12-25-53/h3-49H,1-2H3. The lowest BCUT2D eigenvalue weighted by Gasteiger charge is -2.23. The third kappa shape index (κ3) is 9.26. The van der Waals surface area contributed by atoms with Gasteiger partial charge in [-0.2, -0.15) is 0 Å². The smallest absolute Gasteiger partial charge is 0.168 e. The van der Waals surface area contributed by atoms with Crippen LogP contribution in [0.15, 0.2) is 285 Å². The van der Waals surface area contributed by atoms with Crippen LogP contribution in [0.5, 0.6) is 0 Å². The molecule has 414 valence electrons. The first-order valence-corrected chi connectivity index (χ1v) is 29.5. The van der Waals surface area contributed by atoms with Gasteiger partial charge in [0.2, 0.25) is 0 Å². The zero-order chi connectivity index (χ0) is 58.7. The predicted molar refractivity (Wildman–Crippen MR) is 358 cm³/mol. The monoisotopic (exact) mass is 1130 g/mol. The van der Waals surface area contributed by atoms with Gasteiger partial charge in [0.05, 0.1) is 50.4 Å². The zero-order valence-electron chi connectivity index (χ0n) is 48.2. The van der Waals surface area contributed by atoms with Crippen LogP contribution in [0.3, 0.4) is 0 Å². The Kier molecular flexibility index (Phi) is 12.8. The molecule has 0 bridgehead atoms. The van der Waals surface area contributed by atoms with Crippen LogP contribution in [0.2, 0.25) is 0 Å². The van der Waals surface area contributed by atoms with Gasteiger partial charge in [-0.25, -0.2) is 34.9 Å². The van der Waals surface area contributed by atoms with Crippen molar-refractivity contribution in [1.29, 1.82) is 0 Å². The van der Waals surface area contributed by atoms with Crippen LogP contribution in [0.4, 0.5) is 0 Å². The van der Waals surface area contributed by atoms with E-state index in [0.717, 1.165) is 122 Å². The van der Waals surface area contributed by atoms with E-state index in [1.54, 1.807) is 0 Å². The van der Waals surface area contributed by atoms with Crippen LogP contribution in [0.25, 0.3) is 157 Å². The van der Waals surface area contributed by atoms with Gasteiger partial charge in [-0.3, -0.25) is 0 Å². The van der Waals surface area contributed by atoms with E-state index < -0.39 is 0 Å². The second kappa shape index (κ2) is 21.7. The summed E-state index contributed by atoms with van der Waals surface area (Å²) in [5, 5.41) is 4.35. The second-order valence-electron chi connectivity index (χ2n) is 22.2. The number of fused-ring (bicyclic) bond motifs is 6. The largest absolute Gasteiger partial charge is 0.308 e. The highest BCUT2D eigenvalue weighted by atomic mass is 15.1. The molecule has 9 nitrogen and oxygen atoms in total. The molecule has 0 atom stereocenters. The highest BCUT2D eigenvalue weighted by Gasteiger charge is 2.30. The second-order valence-corrected chi connectivity index (χ2v) is 22.2. The number of rotatable bonds is 11. The summed E-state index contributed by atoms with van der Waals surface area (Å²) < 4.78 is 4.79. The Morgan fingerprint density at radius 2 is 0.602 bits per heavy atom. The number of nitrogens with zero attached hydrogens (tertiary/aromatic N) is 9. The van der Waals surface area contributed by atoms with Gasteiger partial charge in [0.25, 0.3) is 0 Å². The van der Waals surface area contributed by atoms with Crippen molar-refractivity contribution in [3.8, 4) is 113 Å². The fourth-order valence-electron chi connectivity index (χ4n) is 12.4. The van der Waals surface area contributed by atoms with E-state index in [2.05, 4.69) is 229 Å². The van der Waals surface area contributed by atoms with Gasteiger partial charge in [-0.05, 0) is 97.8 Å². The van der Waals surface area contributed by atoms with Crippen LogP contribution in [0, 0.1) is 13.8 Å². The van der Waals surface area contributed by atoms with Crippen molar-refractivity contribution in [2.75, 3.05) is 0 Å². The highest BCUT2D eigenvalue weighted by Crippen LogP contribution is 2.47. The van der Waals surface area contributed by atoms with E-state index in [4.69, 9.17) is 34.9 Å². The quantitative estimate of drug-likeness (QED) is 0.127. The number of hydrogen-bond donors (Lipinski definition) is 0. The van der Waals surface area contributed by atoms with Crippen molar-refractivity contribution in [1.82, 2.24) is 44.0 Å². The Morgan fingerprint density at radius 1 is 0.239 bits per heavy atom. The Hall–Kier alpha value is -11.8. The molecule has 5 aromatic heterocycles. The van der Waals surface area contributed by atoms with Gasteiger partial charge in [-0.15, -0.1) is 0 Å². The van der Waals surface area contributed by atoms with E-state index in [-0.39, 0.29) is 0 Å². The molecule has 16 aromatic rings. The maximum absolute atomic E-state index is 5.68. The molecule has 0 aliphatic heterocycles. The molecule has 9 heteroatoms. The van der Waals surface area contributed by atoms with E-state index in [0.29, 0.717) is 34.9 Å². The minimum absolute atomic E-state index is 0.462. The number of benzene rings is 11. The number of aromatic nitrogens is 9. The molecule has 0 saturated heterocycles. The third-order valence-corrected chi connectivity index (χ3v) is 16.5. The van der Waals surface area contributed by atoms with Gasteiger partial charge in [0, 0.05) is 60.5 Å².